The largest absolute Gasteiger partial charge is 0.495 e. The number of nitrogens with two attached hydrogens (primary N) is 1. The van der Waals surface area contributed by atoms with Crippen LogP contribution in [0.25, 0.3) is 0 Å². The third kappa shape index (κ3) is 2.35. The van der Waals surface area contributed by atoms with Crippen LogP contribution in [0.4, 0.5) is 11.4 Å². The summed E-state index contributed by atoms with van der Waals surface area (Å²) in [5.41, 5.74) is 1.50. The molecule has 0 atom stereocenters. The van der Waals surface area contributed by atoms with E-state index in [-0.39, 0.29) is 0 Å². The summed E-state index contributed by atoms with van der Waals surface area (Å²) in [6.45, 7) is 0. The fourth-order valence-electron chi connectivity index (χ4n) is 1.61. The molecule has 4 heteroatoms. The van der Waals surface area contributed by atoms with Gasteiger partial charge in [-0.3, -0.25) is 5.01 Å². The Labute approximate surface area is 105 Å². The molecule has 0 saturated heterocycles. The maximum Gasteiger partial charge on any atom is 0.143 e. The van der Waals surface area contributed by atoms with Crippen LogP contribution in [-0.2, 0) is 0 Å². The van der Waals surface area contributed by atoms with Gasteiger partial charge in [-0.1, -0.05) is 35.9 Å². The van der Waals surface area contributed by atoms with Crippen molar-refractivity contribution in [2.45, 2.75) is 0 Å². The molecule has 0 fully saturated rings. The smallest absolute Gasteiger partial charge is 0.143 e. The Morgan fingerprint density at radius 1 is 1.00 bits per heavy atom. The Morgan fingerprint density at radius 2 is 1.59 bits per heavy atom. The molecule has 0 bridgehead atoms. The van der Waals surface area contributed by atoms with Gasteiger partial charge >= 0.3 is 0 Å². The molecule has 2 aromatic carbocycles. The number of benzene rings is 2. The van der Waals surface area contributed by atoms with Crippen molar-refractivity contribution >= 4 is 23.0 Å². The number of hydrogen-bond donors (Lipinski definition) is 1. The van der Waals surface area contributed by atoms with Crippen molar-refractivity contribution in [3.8, 4) is 5.75 Å². The van der Waals surface area contributed by atoms with Crippen molar-refractivity contribution in [3.05, 3.63) is 53.6 Å². The van der Waals surface area contributed by atoms with Crippen molar-refractivity contribution < 1.29 is 4.74 Å². The van der Waals surface area contributed by atoms with Gasteiger partial charge in [0.05, 0.1) is 23.5 Å². The number of nitrogens with zero attached hydrogens (tertiary/aromatic N) is 1. The zero-order valence-corrected chi connectivity index (χ0v) is 10.2. The molecule has 0 saturated carbocycles. The highest BCUT2D eigenvalue weighted by molar-refractivity contribution is 6.33. The fraction of sp³-hybridized carbons (Fsp3) is 0.0769. The van der Waals surface area contributed by atoms with Gasteiger partial charge in [0.15, 0.2) is 0 Å². The Balaban J connectivity index is 2.44. The van der Waals surface area contributed by atoms with E-state index in [1.54, 1.807) is 13.2 Å². The summed E-state index contributed by atoms with van der Waals surface area (Å²) in [6, 6.07) is 14.9. The maximum atomic E-state index is 6.10. The second-order valence-corrected chi connectivity index (χ2v) is 3.90. The first-order valence-electron chi connectivity index (χ1n) is 5.16. The number of rotatable bonds is 3. The molecule has 0 heterocycles. The number of hydrazine groups is 1. The van der Waals surface area contributed by atoms with Gasteiger partial charge in [0.2, 0.25) is 0 Å². The second-order valence-electron chi connectivity index (χ2n) is 3.49. The lowest BCUT2D eigenvalue weighted by Crippen LogP contribution is -2.25. The third-order valence-electron chi connectivity index (χ3n) is 2.46. The molecule has 0 aromatic heterocycles. The number of anilines is 2. The summed E-state index contributed by atoms with van der Waals surface area (Å²) in [5.74, 6) is 6.77. The van der Waals surface area contributed by atoms with Crippen molar-refractivity contribution in [2.24, 2.45) is 5.84 Å². The van der Waals surface area contributed by atoms with Gasteiger partial charge in [-0.15, -0.1) is 0 Å². The summed E-state index contributed by atoms with van der Waals surface area (Å²) in [4.78, 5) is 0. The van der Waals surface area contributed by atoms with E-state index < -0.39 is 0 Å². The molecule has 0 aliphatic carbocycles. The van der Waals surface area contributed by atoms with Crippen molar-refractivity contribution in [1.82, 2.24) is 0 Å². The molecule has 88 valence electrons. The molecule has 0 spiro atoms. The van der Waals surface area contributed by atoms with E-state index in [1.165, 1.54) is 5.01 Å². The monoisotopic (exact) mass is 248 g/mol. The van der Waals surface area contributed by atoms with Gasteiger partial charge in [-0.25, -0.2) is 5.84 Å². The molecule has 3 nitrogen and oxygen atoms in total. The quantitative estimate of drug-likeness (QED) is 0.669. The SMILES string of the molecule is COc1ccccc1N(N)c1ccccc1Cl. The molecule has 0 radical (unpaired) electrons. The van der Waals surface area contributed by atoms with Crippen molar-refractivity contribution in [2.75, 3.05) is 12.1 Å². The van der Waals surface area contributed by atoms with Crippen LogP contribution >= 0.6 is 11.6 Å². The van der Waals surface area contributed by atoms with Gasteiger partial charge in [0.25, 0.3) is 0 Å². The molecular formula is C13H13ClN2O. The Bertz CT molecular complexity index is 516. The summed E-state index contributed by atoms with van der Waals surface area (Å²) >= 11 is 6.10. The molecule has 0 aliphatic rings. The lowest BCUT2D eigenvalue weighted by molar-refractivity contribution is 0.415. The minimum Gasteiger partial charge on any atom is -0.495 e. The number of methoxy groups -OCH3 is 1. The first-order valence-corrected chi connectivity index (χ1v) is 5.54. The standard InChI is InChI=1S/C13H13ClN2O/c1-17-13-9-5-4-8-12(13)16(15)11-7-3-2-6-10(11)14/h2-9H,15H2,1H3. The second kappa shape index (κ2) is 5.08. The van der Waals surface area contributed by atoms with Crippen LogP contribution in [0.5, 0.6) is 5.75 Å². The summed E-state index contributed by atoms with van der Waals surface area (Å²) in [7, 11) is 1.61. The van der Waals surface area contributed by atoms with Crippen LogP contribution in [0.15, 0.2) is 48.5 Å². The van der Waals surface area contributed by atoms with Crippen molar-refractivity contribution in [3.63, 3.8) is 0 Å². The van der Waals surface area contributed by atoms with Crippen LogP contribution < -0.4 is 15.6 Å². The molecular weight excluding hydrogens is 236 g/mol. The highest BCUT2D eigenvalue weighted by Gasteiger charge is 2.12. The van der Waals surface area contributed by atoms with E-state index in [1.807, 2.05) is 42.5 Å². The highest BCUT2D eigenvalue weighted by Crippen LogP contribution is 2.34. The van der Waals surface area contributed by atoms with E-state index in [0.717, 1.165) is 11.4 Å². The summed E-state index contributed by atoms with van der Waals surface area (Å²) in [6.07, 6.45) is 0. The van der Waals surface area contributed by atoms with Crippen LogP contribution in [0.2, 0.25) is 5.02 Å². The summed E-state index contributed by atoms with van der Waals surface area (Å²) < 4.78 is 5.26. The van der Waals surface area contributed by atoms with Gasteiger partial charge in [0.1, 0.15) is 5.75 Å². The average molecular weight is 249 g/mol. The first-order chi connectivity index (χ1) is 8.24. The Kier molecular flexibility index (Phi) is 3.52. The normalized spacial score (nSPS) is 10.1. The lowest BCUT2D eigenvalue weighted by atomic mass is 10.2. The fourth-order valence-corrected chi connectivity index (χ4v) is 1.83. The van der Waals surface area contributed by atoms with Gasteiger partial charge < -0.3 is 4.74 Å². The average Bonchev–Trinajstić information content (AvgIpc) is 2.38. The van der Waals surface area contributed by atoms with Gasteiger partial charge in [0, 0.05) is 0 Å². The van der Waals surface area contributed by atoms with E-state index in [9.17, 15) is 0 Å². The number of halogens is 1. The lowest BCUT2D eigenvalue weighted by Gasteiger charge is -2.21. The first kappa shape index (κ1) is 11.8. The highest BCUT2D eigenvalue weighted by atomic mass is 35.5. The predicted octanol–water partition coefficient (Wildman–Crippen LogP) is 3.36. The Hall–Kier alpha value is -1.71. The Morgan fingerprint density at radius 3 is 2.24 bits per heavy atom. The van der Waals surface area contributed by atoms with Crippen LogP contribution in [0.3, 0.4) is 0 Å². The minimum atomic E-state index is 0.598. The molecule has 0 amide bonds. The molecule has 0 aliphatic heterocycles. The molecule has 2 N–H and O–H groups in total. The molecule has 0 unspecified atom stereocenters. The number of hydrogen-bond acceptors (Lipinski definition) is 3. The van der Waals surface area contributed by atoms with Gasteiger partial charge in [-0.2, -0.15) is 0 Å². The topological polar surface area (TPSA) is 38.5 Å². The van der Waals surface area contributed by atoms with Crippen LogP contribution in [-0.4, -0.2) is 7.11 Å². The minimum absolute atomic E-state index is 0.598. The summed E-state index contributed by atoms with van der Waals surface area (Å²) in [5, 5.41) is 2.11. The van der Waals surface area contributed by atoms with E-state index in [4.69, 9.17) is 22.2 Å². The molecule has 2 rings (SSSR count). The molecule has 2 aromatic rings. The van der Waals surface area contributed by atoms with Crippen LogP contribution in [0, 0.1) is 0 Å². The third-order valence-corrected chi connectivity index (χ3v) is 2.78. The van der Waals surface area contributed by atoms with Crippen LogP contribution in [0.1, 0.15) is 0 Å². The zero-order chi connectivity index (χ0) is 12.3. The zero-order valence-electron chi connectivity index (χ0n) is 9.43. The van der Waals surface area contributed by atoms with E-state index >= 15 is 0 Å². The number of para-hydroxylation sites is 3. The number of ether oxygens (including phenoxy) is 1. The van der Waals surface area contributed by atoms with E-state index in [0.29, 0.717) is 10.8 Å². The predicted molar refractivity (Wildman–Crippen MR) is 70.8 cm³/mol. The van der Waals surface area contributed by atoms with Crippen molar-refractivity contribution in [1.29, 1.82) is 0 Å². The maximum absolute atomic E-state index is 6.10. The van der Waals surface area contributed by atoms with Gasteiger partial charge in [-0.05, 0) is 24.3 Å². The molecule has 17 heavy (non-hydrogen) atoms. The van der Waals surface area contributed by atoms with E-state index in [2.05, 4.69) is 0 Å².